The zero-order valence-electron chi connectivity index (χ0n) is 9.07. The first-order chi connectivity index (χ1) is 8.72. The molecule has 2 N–H and O–H groups in total. The third-order valence-corrected chi connectivity index (χ3v) is 3.04. The fourth-order valence-electron chi connectivity index (χ4n) is 1.57. The summed E-state index contributed by atoms with van der Waals surface area (Å²) in [4.78, 5) is 4.21. The maximum atomic E-state index is 9.40. The lowest BCUT2D eigenvalue weighted by Crippen LogP contribution is -1.79. The molecule has 6 heteroatoms. The molecule has 0 atom stereocenters. The molecular formula is C12H8N2O3S. The van der Waals surface area contributed by atoms with Crippen LogP contribution >= 0.6 is 11.3 Å². The van der Waals surface area contributed by atoms with Crippen molar-refractivity contribution in [2.45, 2.75) is 0 Å². The molecule has 2 aromatic heterocycles. The Hall–Kier alpha value is -2.34. The van der Waals surface area contributed by atoms with Crippen molar-refractivity contribution in [3.8, 4) is 34.3 Å². The van der Waals surface area contributed by atoms with Gasteiger partial charge in [-0.25, -0.2) is 0 Å². The van der Waals surface area contributed by atoms with Crippen LogP contribution in [0.4, 0.5) is 0 Å². The molecule has 18 heavy (non-hydrogen) atoms. The first-order valence-corrected chi connectivity index (χ1v) is 6.06. The van der Waals surface area contributed by atoms with Crippen LogP contribution in [-0.2, 0) is 0 Å². The smallest absolute Gasteiger partial charge is 0.258 e. The molecule has 2 heterocycles. The summed E-state index contributed by atoms with van der Waals surface area (Å²) >= 11 is 1.54. The Morgan fingerprint density at radius 1 is 1.06 bits per heavy atom. The molecule has 3 aromatic rings. The second kappa shape index (κ2) is 4.15. The SMILES string of the molecule is Oc1cc(O)cc(-c2nc(-c3ccsc3)no2)c1. The van der Waals surface area contributed by atoms with E-state index in [1.165, 1.54) is 18.2 Å². The van der Waals surface area contributed by atoms with E-state index in [4.69, 9.17) is 4.52 Å². The van der Waals surface area contributed by atoms with Gasteiger partial charge >= 0.3 is 0 Å². The van der Waals surface area contributed by atoms with E-state index in [1.807, 2.05) is 16.8 Å². The molecule has 0 saturated carbocycles. The van der Waals surface area contributed by atoms with Crippen LogP contribution in [0.25, 0.3) is 22.8 Å². The Labute approximate surface area is 106 Å². The summed E-state index contributed by atoms with van der Waals surface area (Å²) < 4.78 is 5.11. The maximum absolute atomic E-state index is 9.40. The van der Waals surface area contributed by atoms with Gasteiger partial charge in [-0.05, 0) is 23.6 Å². The fourth-order valence-corrected chi connectivity index (χ4v) is 2.20. The largest absolute Gasteiger partial charge is 0.508 e. The van der Waals surface area contributed by atoms with Gasteiger partial charge in [-0.15, -0.1) is 0 Å². The molecule has 0 bridgehead atoms. The molecule has 1 aromatic carbocycles. The fraction of sp³-hybridized carbons (Fsp3) is 0. The average molecular weight is 260 g/mol. The quantitative estimate of drug-likeness (QED) is 0.740. The van der Waals surface area contributed by atoms with Crippen LogP contribution in [0, 0.1) is 0 Å². The zero-order valence-corrected chi connectivity index (χ0v) is 9.89. The minimum Gasteiger partial charge on any atom is -0.508 e. The van der Waals surface area contributed by atoms with Crippen molar-refractivity contribution < 1.29 is 14.7 Å². The Morgan fingerprint density at radius 2 is 1.83 bits per heavy atom. The number of aromatic nitrogens is 2. The van der Waals surface area contributed by atoms with E-state index < -0.39 is 0 Å². The minimum atomic E-state index is -0.0553. The molecule has 0 spiro atoms. The van der Waals surface area contributed by atoms with Gasteiger partial charge in [0.2, 0.25) is 5.82 Å². The van der Waals surface area contributed by atoms with Crippen molar-refractivity contribution in [2.75, 3.05) is 0 Å². The zero-order chi connectivity index (χ0) is 12.5. The third-order valence-electron chi connectivity index (χ3n) is 2.35. The van der Waals surface area contributed by atoms with Crippen LogP contribution in [0.5, 0.6) is 11.5 Å². The highest BCUT2D eigenvalue weighted by molar-refractivity contribution is 7.08. The molecule has 0 radical (unpaired) electrons. The second-order valence-electron chi connectivity index (χ2n) is 3.67. The Bertz CT molecular complexity index is 656. The lowest BCUT2D eigenvalue weighted by molar-refractivity contribution is 0.428. The highest BCUT2D eigenvalue weighted by Crippen LogP contribution is 2.29. The summed E-state index contributed by atoms with van der Waals surface area (Å²) in [6.07, 6.45) is 0. The predicted octanol–water partition coefficient (Wildman–Crippen LogP) is 2.88. The van der Waals surface area contributed by atoms with E-state index >= 15 is 0 Å². The summed E-state index contributed by atoms with van der Waals surface area (Å²) in [6, 6.07) is 6.02. The van der Waals surface area contributed by atoms with Gasteiger partial charge in [-0.3, -0.25) is 0 Å². The lowest BCUT2D eigenvalue weighted by atomic mass is 10.2. The van der Waals surface area contributed by atoms with Crippen LogP contribution < -0.4 is 0 Å². The van der Waals surface area contributed by atoms with Crippen molar-refractivity contribution >= 4 is 11.3 Å². The minimum absolute atomic E-state index is 0.0553. The number of phenols is 2. The number of phenolic OH excluding ortho intramolecular Hbond substituents is 2. The molecule has 90 valence electrons. The summed E-state index contributed by atoms with van der Waals surface area (Å²) in [6.45, 7) is 0. The van der Waals surface area contributed by atoms with Crippen molar-refractivity contribution in [1.29, 1.82) is 0 Å². The first kappa shape index (κ1) is 10.8. The average Bonchev–Trinajstić information content (AvgIpc) is 2.99. The van der Waals surface area contributed by atoms with E-state index in [2.05, 4.69) is 10.1 Å². The lowest BCUT2D eigenvalue weighted by Gasteiger charge is -1.97. The molecule has 0 fully saturated rings. The number of aromatic hydroxyl groups is 2. The molecule has 0 aliphatic carbocycles. The first-order valence-electron chi connectivity index (χ1n) is 5.12. The Kier molecular flexibility index (Phi) is 2.49. The molecule has 0 aliphatic heterocycles. The summed E-state index contributed by atoms with van der Waals surface area (Å²) in [5, 5.41) is 26.5. The molecule has 3 rings (SSSR count). The van der Waals surface area contributed by atoms with Gasteiger partial charge in [0.05, 0.1) is 0 Å². The number of benzene rings is 1. The normalized spacial score (nSPS) is 10.7. The molecule has 5 nitrogen and oxygen atoms in total. The monoisotopic (exact) mass is 260 g/mol. The van der Waals surface area contributed by atoms with E-state index in [9.17, 15) is 10.2 Å². The van der Waals surface area contributed by atoms with Crippen molar-refractivity contribution in [2.24, 2.45) is 0 Å². The Morgan fingerprint density at radius 3 is 2.50 bits per heavy atom. The van der Waals surface area contributed by atoms with E-state index in [0.717, 1.165) is 5.56 Å². The van der Waals surface area contributed by atoms with Crippen molar-refractivity contribution in [1.82, 2.24) is 10.1 Å². The van der Waals surface area contributed by atoms with Gasteiger partial charge in [0.15, 0.2) is 0 Å². The van der Waals surface area contributed by atoms with Crippen LogP contribution in [0.2, 0.25) is 0 Å². The van der Waals surface area contributed by atoms with E-state index in [-0.39, 0.29) is 17.4 Å². The third kappa shape index (κ3) is 1.93. The number of hydrogen-bond donors (Lipinski definition) is 2. The standard InChI is InChI=1S/C12H8N2O3S/c15-9-3-8(4-10(16)5-9)12-13-11(14-17-12)7-1-2-18-6-7/h1-6,15-16H. The van der Waals surface area contributed by atoms with Crippen LogP contribution in [0.1, 0.15) is 0 Å². The number of thiophene rings is 1. The van der Waals surface area contributed by atoms with Crippen LogP contribution in [-0.4, -0.2) is 20.4 Å². The molecule has 0 amide bonds. The van der Waals surface area contributed by atoms with Crippen molar-refractivity contribution in [3.05, 3.63) is 35.0 Å². The molecule has 0 saturated heterocycles. The van der Waals surface area contributed by atoms with Gasteiger partial charge in [-0.2, -0.15) is 16.3 Å². The number of hydrogen-bond acceptors (Lipinski definition) is 6. The molecule has 0 unspecified atom stereocenters. The van der Waals surface area contributed by atoms with E-state index in [1.54, 1.807) is 11.3 Å². The summed E-state index contributed by atoms with van der Waals surface area (Å²) in [5.74, 6) is 0.622. The van der Waals surface area contributed by atoms with Gasteiger partial charge in [0, 0.05) is 22.6 Å². The molecule has 0 aliphatic rings. The van der Waals surface area contributed by atoms with Crippen molar-refractivity contribution in [3.63, 3.8) is 0 Å². The van der Waals surface area contributed by atoms with Gasteiger partial charge in [-0.1, -0.05) is 5.16 Å². The van der Waals surface area contributed by atoms with Gasteiger partial charge < -0.3 is 14.7 Å². The topological polar surface area (TPSA) is 79.4 Å². The highest BCUT2D eigenvalue weighted by atomic mass is 32.1. The summed E-state index contributed by atoms with van der Waals surface area (Å²) in [7, 11) is 0. The van der Waals surface area contributed by atoms with Crippen LogP contribution in [0.3, 0.4) is 0 Å². The predicted molar refractivity (Wildman–Crippen MR) is 66.4 cm³/mol. The summed E-state index contributed by atoms with van der Waals surface area (Å²) in [5.41, 5.74) is 1.35. The highest BCUT2D eigenvalue weighted by Gasteiger charge is 2.12. The molecular weight excluding hydrogens is 252 g/mol. The second-order valence-corrected chi connectivity index (χ2v) is 4.45. The number of rotatable bonds is 2. The Balaban J connectivity index is 2.03. The van der Waals surface area contributed by atoms with E-state index in [0.29, 0.717) is 11.4 Å². The maximum Gasteiger partial charge on any atom is 0.258 e. The van der Waals surface area contributed by atoms with Gasteiger partial charge in [0.1, 0.15) is 11.5 Å². The number of nitrogens with zero attached hydrogens (tertiary/aromatic N) is 2. The van der Waals surface area contributed by atoms with Gasteiger partial charge in [0.25, 0.3) is 5.89 Å². The van der Waals surface area contributed by atoms with Crippen LogP contribution in [0.15, 0.2) is 39.5 Å².